The van der Waals surface area contributed by atoms with Crippen LogP contribution in [0, 0.1) is 0 Å². The van der Waals surface area contributed by atoms with Gasteiger partial charge in [-0.25, -0.2) is 0 Å². The SMILES string of the molecule is CN(Cc1ccccc1Cl)c1nc(N)ns1. The molecule has 0 aliphatic carbocycles. The van der Waals surface area contributed by atoms with Crippen LogP contribution >= 0.6 is 23.1 Å². The first-order chi connectivity index (χ1) is 7.66. The summed E-state index contributed by atoms with van der Waals surface area (Å²) in [6.45, 7) is 0.689. The second-order valence-corrected chi connectivity index (χ2v) is 4.52. The summed E-state index contributed by atoms with van der Waals surface area (Å²) in [6, 6.07) is 7.74. The molecule has 2 N–H and O–H groups in total. The summed E-state index contributed by atoms with van der Waals surface area (Å²) in [7, 11) is 1.93. The molecule has 1 heterocycles. The third-order valence-electron chi connectivity index (χ3n) is 2.12. The largest absolute Gasteiger partial charge is 0.367 e. The van der Waals surface area contributed by atoms with Gasteiger partial charge in [0.25, 0.3) is 0 Å². The van der Waals surface area contributed by atoms with Gasteiger partial charge in [0, 0.05) is 30.1 Å². The molecule has 1 aromatic carbocycles. The maximum absolute atomic E-state index is 6.08. The third-order valence-corrected chi connectivity index (χ3v) is 3.34. The van der Waals surface area contributed by atoms with Crippen molar-refractivity contribution in [3.8, 4) is 0 Å². The molecule has 16 heavy (non-hydrogen) atoms. The number of nitrogens with two attached hydrogens (primary N) is 1. The van der Waals surface area contributed by atoms with Crippen molar-refractivity contribution < 1.29 is 0 Å². The van der Waals surface area contributed by atoms with Crippen LogP contribution in [0.5, 0.6) is 0 Å². The maximum atomic E-state index is 6.08. The minimum atomic E-state index is 0.311. The average Bonchev–Trinajstić information content (AvgIpc) is 2.68. The highest BCUT2D eigenvalue weighted by Gasteiger charge is 2.08. The van der Waals surface area contributed by atoms with Crippen LogP contribution < -0.4 is 10.6 Å². The Labute approximate surface area is 103 Å². The predicted molar refractivity (Wildman–Crippen MR) is 67.9 cm³/mol. The molecule has 1 aromatic heterocycles. The van der Waals surface area contributed by atoms with Gasteiger partial charge in [-0.15, -0.1) is 0 Å². The Kier molecular flexibility index (Phi) is 3.26. The van der Waals surface area contributed by atoms with Gasteiger partial charge in [-0.2, -0.15) is 9.36 Å². The smallest absolute Gasteiger partial charge is 0.233 e. The van der Waals surface area contributed by atoms with Gasteiger partial charge in [0.1, 0.15) is 0 Å². The zero-order valence-corrected chi connectivity index (χ0v) is 10.3. The summed E-state index contributed by atoms with van der Waals surface area (Å²) >= 11 is 7.36. The van der Waals surface area contributed by atoms with E-state index in [4.69, 9.17) is 17.3 Å². The van der Waals surface area contributed by atoms with Crippen molar-refractivity contribution in [2.75, 3.05) is 17.7 Å². The average molecular weight is 255 g/mol. The fourth-order valence-corrected chi connectivity index (χ4v) is 2.08. The van der Waals surface area contributed by atoms with E-state index in [1.807, 2.05) is 36.2 Å². The Morgan fingerprint density at radius 3 is 2.81 bits per heavy atom. The van der Waals surface area contributed by atoms with Gasteiger partial charge in [-0.05, 0) is 11.6 Å². The van der Waals surface area contributed by atoms with Crippen LogP contribution in [0.2, 0.25) is 5.02 Å². The number of nitrogens with zero attached hydrogens (tertiary/aromatic N) is 3. The Morgan fingerprint density at radius 1 is 1.44 bits per heavy atom. The number of hydrogen-bond donors (Lipinski definition) is 1. The van der Waals surface area contributed by atoms with Crippen LogP contribution in [-0.2, 0) is 6.54 Å². The molecule has 0 unspecified atom stereocenters. The molecule has 0 atom stereocenters. The molecule has 0 fully saturated rings. The number of benzene rings is 1. The van der Waals surface area contributed by atoms with Gasteiger partial charge in [0.05, 0.1) is 0 Å². The van der Waals surface area contributed by atoms with Crippen molar-refractivity contribution >= 4 is 34.2 Å². The molecule has 0 saturated heterocycles. The van der Waals surface area contributed by atoms with Crippen molar-refractivity contribution in [1.82, 2.24) is 9.36 Å². The lowest BCUT2D eigenvalue weighted by Gasteiger charge is -2.15. The normalized spacial score (nSPS) is 10.4. The van der Waals surface area contributed by atoms with E-state index in [1.54, 1.807) is 0 Å². The van der Waals surface area contributed by atoms with Gasteiger partial charge in [-0.1, -0.05) is 29.8 Å². The number of nitrogen functional groups attached to an aromatic ring is 1. The zero-order chi connectivity index (χ0) is 11.5. The molecule has 84 valence electrons. The fraction of sp³-hybridized carbons (Fsp3) is 0.200. The van der Waals surface area contributed by atoms with Gasteiger partial charge in [0.15, 0.2) is 0 Å². The molecule has 6 heteroatoms. The molecule has 2 aromatic rings. The quantitative estimate of drug-likeness (QED) is 0.914. The summed E-state index contributed by atoms with van der Waals surface area (Å²) in [5, 5.41) is 1.55. The Balaban J connectivity index is 2.13. The maximum Gasteiger partial charge on any atom is 0.233 e. The first kappa shape index (κ1) is 11.2. The van der Waals surface area contributed by atoms with Crippen LogP contribution in [0.15, 0.2) is 24.3 Å². The number of halogens is 1. The molecule has 0 radical (unpaired) electrons. The van der Waals surface area contributed by atoms with Crippen LogP contribution in [0.25, 0.3) is 0 Å². The highest BCUT2D eigenvalue weighted by Crippen LogP contribution is 2.22. The monoisotopic (exact) mass is 254 g/mol. The van der Waals surface area contributed by atoms with E-state index in [9.17, 15) is 0 Å². The summed E-state index contributed by atoms with van der Waals surface area (Å²) in [5.74, 6) is 0.311. The minimum absolute atomic E-state index is 0.311. The summed E-state index contributed by atoms with van der Waals surface area (Å²) in [5.41, 5.74) is 6.53. The number of anilines is 2. The van der Waals surface area contributed by atoms with Crippen molar-refractivity contribution in [2.45, 2.75) is 6.54 Å². The molecule has 0 aliphatic rings. The molecular weight excluding hydrogens is 244 g/mol. The molecule has 0 aliphatic heterocycles. The van der Waals surface area contributed by atoms with E-state index in [2.05, 4.69) is 9.36 Å². The topological polar surface area (TPSA) is 55.0 Å². The molecule has 0 amide bonds. The highest BCUT2D eigenvalue weighted by atomic mass is 35.5. The molecule has 2 rings (SSSR count). The van der Waals surface area contributed by atoms with E-state index in [-0.39, 0.29) is 0 Å². The first-order valence-corrected chi connectivity index (χ1v) is 5.85. The van der Waals surface area contributed by atoms with E-state index >= 15 is 0 Å². The summed E-state index contributed by atoms with van der Waals surface area (Å²) in [4.78, 5) is 6.07. The van der Waals surface area contributed by atoms with Crippen LogP contribution in [-0.4, -0.2) is 16.4 Å². The highest BCUT2D eigenvalue weighted by molar-refractivity contribution is 7.09. The second kappa shape index (κ2) is 4.67. The van der Waals surface area contributed by atoms with E-state index in [0.29, 0.717) is 12.5 Å². The first-order valence-electron chi connectivity index (χ1n) is 4.70. The van der Waals surface area contributed by atoms with Gasteiger partial charge < -0.3 is 10.6 Å². The van der Waals surface area contributed by atoms with Crippen LogP contribution in [0.1, 0.15) is 5.56 Å². The summed E-state index contributed by atoms with van der Waals surface area (Å²) in [6.07, 6.45) is 0. The summed E-state index contributed by atoms with van der Waals surface area (Å²) < 4.78 is 3.94. The lowest BCUT2D eigenvalue weighted by molar-refractivity contribution is 0.915. The van der Waals surface area contributed by atoms with Crippen molar-refractivity contribution in [2.24, 2.45) is 0 Å². The van der Waals surface area contributed by atoms with Crippen molar-refractivity contribution in [3.63, 3.8) is 0 Å². The lowest BCUT2D eigenvalue weighted by atomic mass is 10.2. The van der Waals surface area contributed by atoms with Gasteiger partial charge in [0.2, 0.25) is 11.1 Å². The van der Waals surface area contributed by atoms with Crippen LogP contribution in [0.3, 0.4) is 0 Å². The minimum Gasteiger partial charge on any atom is -0.367 e. The van der Waals surface area contributed by atoms with Gasteiger partial charge >= 0.3 is 0 Å². The van der Waals surface area contributed by atoms with Crippen LogP contribution in [0.4, 0.5) is 11.1 Å². The van der Waals surface area contributed by atoms with E-state index in [1.165, 1.54) is 11.5 Å². The number of hydrogen-bond acceptors (Lipinski definition) is 5. The third kappa shape index (κ3) is 2.43. The second-order valence-electron chi connectivity index (χ2n) is 3.38. The molecular formula is C10H11ClN4S. The number of rotatable bonds is 3. The molecule has 4 nitrogen and oxygen atoms in total. The number of aromatic nitrogens is 2. The Hall–Kier alpha value is -1.33. The molecule has 0 saturated carbocycles. The lowest BCUT2D eigenvalue weighted by Crippen LogP contribution is -2.16. The zero-order valence-electron chi connectivity index (χ0n) is 8.72. The van der Waals surface area contributed by atoms with E-state index < -0.39 is 0 Å². The van der Waals surface area contributed by atoms with Crippen molar-refractivity contribution in [1.29, 1.82) is 0 Å². The Morgan fingerprint density at radius 2 is 2.19 bits per heavy atom. The van der Waals surface area contributed by atoms with E-state index in [0.717, 1.165) is 15.7 Å². The predicted octanol–water partition coefficient (Wildman–Crippen LogP) is 2.41. The molecule has 0 spiro atoms. The Bertz CT molecular complexity index is 485. The fourth-order valence-electron chi connectivity index (χ4n) is 1.33. The standard InChI is InChI=1S/C10H11ClN4S/c1-15(10-13-9(12)14-16-10)6-7-4-2-3-5-8(7)11/h2-5H,6H2,1H3,(H2,12,14). The van der Waals surface area contributed by atoms with Crippen molar-refractivity contribution in [3.05, 3.63) is 34.9 Å². The van der Waals surface area contributed by atoms with Gasteiger partial charge in [-0.3, -0.25) is 0 Å². The molecule has 0 bridgehead atoms.